The third kappa shape index (κ3) is 3.31. The van der Waals surface area contributed by atoms with Crippen LogP contribution in [-0.4, -0.2) is 14.3 Å². The first-order valence-corrected chi connectivity index (χ1v) is 7.63. The Hall–Kier alpha value is -1.55. The maximum atomic E-state index is 6.05. The Kier molecular flexibility index (Phi) is 5.01. The molecule has 2 aromatic rings. The Morgan fingerprint density at radius 2 is 1.85 bits per heavy atom. The monoisotopic (exact) mass is 274 g/mol. The summed E-state index contributed by atoms with van der Waals surface area (Å²) in [5.74, 6) is 0. The van der Waals surface area contributed by atoms with E-state index in [0.29, 0.717) is 6.04 Å². The SMILES string of the molecule is CCC(N)c1ccn(Cc2ccn(C(CC)CC)n2)c1. The summed E-state index contributed by atoms with van der Waals surface area (Å²) in [6.07, 6.45) is 9.51. The number of aromatic nitrogens is 3. The van der Waals surface area contributed by atoms with Crippen molar-refractivity contribution in [3.63, 3.8) is 0 Å². The second kappa shape index (κ2) is 6.75. The van der Waals surface area contributed by atoms with Crippen molar-refractivity contribution in [2.24, 2.45) is 5.73 Å². The molecule has 1 atom stereocenters. The Balaban J connectivity index is 2.05. The Morgan fingerprint density at radius 3 is 2.50 bits per heavy atom. The van der Waals surface area contributed by atoms with Crippen molar-refractivity contribution in [2.75, 3.05) is 0 Å². The molecule has 0 saturated heterocycles. The van der Waals surface area contributed by atoms with E-state index in [1.54, 1.807) is 0 Å². The van der Waals surface area contributed by atoms with E-state index in [4.69, 9.17) is 5.73 Å². The fourth-order valence-electron chi connectivity index (χ4n) is 2.53. The van der Waals surface area contributed by atoms with Gasteiger partial charge in [-0.25, -0.2) is 0 Å². The predicted molar refractivity (Wildman–Crippen MR) is 82.6 cm³/mol. The minimum atomic E-state index is 0.137. The first kappa shape index (κ1) is 14.9. The van der Waals surface area contributed by atoms with Crippen molar-refractivity contribution in [1.82, 2.24) is 14.3 Å². The van der Waals surface area contributed by atoms with E-state index in [9.17, 15) is 0 Å². The third-order valence-electron chi connectivity index (χ3n) is 3.97. The summed E-state index contributed by atoms with van der Waals surface area (Å²) in [6, 6.07) is 4.86. The van der Waals surface area contributed by atoms with Crippen LogP contribution in [0.5, 0.6) is 0 Å². The van der Waals surface area contributed by atoms with Crippen LogP contribution in [0.1, 0.15) is 63.4 Å². The molecule has 0 amide bonds. The Labute approximate surface area is 121 Å². The highest BCUT2D eigenvalue weighted by Crippen LogP contribution is 2.16. The summed E-state index contributed by atoms with van der Waals surface area (Å²) < 4.78 is 4.25. The lowest BCUT2D eigenvalue weighted by Gasteiger charge is -2.12. The number of nitrogens with zero attached hydrogens (tertiary/aromatic N) is 3. The van der Waals surface area contributed by atoms with Crippen LogP contribution in [-0.2, 0) is 6.54 Å². The van der Waals surface area contributed by atoms with Crippen LogP contribution in [0.15, 0.2) is 30.7 Å². The van der Waals surface area contributed by atoms with E-state index in [1.165, 1.54) is 5.56 Å². The van der Waals surface area contributed by atoms with Crippen molar-refractivity contribution < 1.29 is 0 Å². The number of rotatable bonds is 7. The summed E-state index contributed by atoms with van der Waals surface area (Å²) in [5.41, 5.74) is 8.35. The van der Waals surface area contributed by atoms with Crippen LogP contribution in [0, 0.1) is 0 Å². The molecule has 4 heteroatoms. The summed E-state index contributed by atoms with van der Waals surface area (Å²) >= 11 is 0. The van der Waals surface area contributed by atoms with Gasteiger partial charge in [-0.1, -0.05) is 20.8 Å². The molecule has 20 heavy (non-hydrogen) atoms. The zero-order valence-electron chi connectivity index (χ0n) is 12.8. The topological polar surface area (TPSA) is 48.8 Å². The van der Waals surface area contributed by atoms with Crippen molar-refractivity contribution in [2.45, 2.75) is 58.7 Å². The maximum absolute atomic E-state index is 6.05. The second-order valence-electron chi connectivity index (χ2n) is 5.39. The van der Waals surface area contributed by atoms with Gasteiger partial charge in [-0.05, 0) is 37.0 Å². The van der Waals surface area contributed by atoms with Crippen LogP contribution >= 0.6 is 0 Å². The van der Waals surface area contributed by atoms with Crippen LogP contribution in [0.4, 0.5) is 0 Å². The molecule has 2 N–H and O–H groups in total. The average molecular weight is 274 g/mol. The van der Waals surface area contributed by atoms with Gasteiger partial charge in [0, 0.05) is 24.6 Å². The van der Waals surface area contributed by atoms with Gasteiger partial charge in [0.2, 0.25) is 0 Å². The highest BCUT2D eigenvalue weighted by Gasteiger charge is 2.09. The molecule has 0 bridgehead atoms. The van der Waals surface area contributed by atoms with Crippen molar-refractivity contribution in [1.29, 1.82) is 0 Å². The standard InChI is InChI=1S/C16H26N4/c1-4-15(5-2)20-10-8-14(18-20)12-19-9-7-13(11-19)16(17)6-3/h7-11,15-16H,4-6,12,17H2,1-3H3. The van der Waals surface area contributed by atoms with E-state index in [1.807, 2.05) is 0 Å². The minimum absolute atomic E-state index is 0.137. The third-order valence-corrected chi connectivity index (χ3v) is 3.97. The largest absolute Gasteiger partial charge is 0.348 e. The molecule has 1 unspecified atom stereocenters. The van der Waals surface area contributed by atoms with Crippen molar-refractivity contribution in [3.05, 3.63) is 42.0 Å². The molecule has 2 rings (SSSR count). The zero-order chi connectivity index (χ0) is 14.5. The zero-order valence-corrected chi connectivity index (χ0v) is 12.8. The second-order valence-corrected chi connectivity index (χ2v) is 5.39. The lowest BCUT2D eigenvalue weighted by molar-refractivity contribution is 0.424. The molecule has 0 saturated carbocycles. The van der Waals surface area contributed by atoms with E-state index < -0.39 is 0 Å². The van der Waals surface area contributed by atoms with E-state index in [0.717, 1.165) is 31.5 Å². The number of hydrogen-bond acceptors (Lipinski definition) is 2. The van der Waals surface area contributed by atoms with Gasteiger partial charge in [-0.2, -0.15) is 5.10 Å². The van der Waals surface area contributed by atoms with Crippen LogP contribution in [0.2, 0.25) is 0 Å². The average Bonchev–Trinajstić information content (AvgIpc) is 3.10. The summed E-state index contributed by atoms with van der Waals surface area (Å²) in [4.78, 5) is 0. The molecular formula is C16H26N4. The van der Waals surface area contributed by atoms with E-state index >= 15 is 0 Å². The van der Waals surface area contributed by atoms with Gasteiger partial charge in [0.15, 0.2) is 0 Å². The number of hydrogen-bond donors (Lipinski definition) is 1. The summed E-state index contributed by atoms with van der Waals surface area (Å²) in [5, 5.41) is 4.69. The van der Waals surface area contributed by atoms with Crippen LogP contribution < -0.4 is 5.73 Å². The van der Waals surface area contributed by atoms with Gasteiger partial charge in [0.1, 0.15) is 0 Å². The molecule has 0 aliphatic rings. The van der Waals surface area contributed by atoms with Crippen LogP contribution in [0.3, 0.4) is 0 Å². The molecule has 0 spiro atoms. The normalized spacial score (nSPS) is 13.1. The number of nitrogens with two attached hydrogens (primary N) is 1. The Morgan fingerprint density at radius 1 is 1.10 bits per heavy atom. The first-order valence-electron chi connectivity index (χ1n) is 7.63. The van der Waals surface area contributed by atoms with Crippen molar-refractivity contribution >= 4 is 0 Å². The van der Waals surface area contributed by atoms with Gasteiger partial charge in [-0.15, -0.1) is 0 Å². The van der Waals surface area contributed by atoms with E-state index in [-0.39, 0.29) is 6.04 Å². The van der Waals surface area contributed by atoms with Gasteiger partial charge in [0.25, 0.3) is 0 Å². The van der Waals surface area contributed by atoms with Gasteiger partial charge >= 0.3 is 0 Å². The smallest absolute Gasteiger partial charge is 0.0821 e. The van der Waals surface area contributed by atoms with Gasteiger partial charge in [0.05, 0.1) is 18.3 Å². The molecule has 110 valence electrons. The Bertz CT molecular complexity index is 522. The maximum Gasteiger partial charge on any atom is 0.0821 e. The summed E-state index contributed by atoms with van der Waals surface area (Å²) in [6.45, 7) is 7.34. The molecule has 0 radical (unpaired) electrons. The molecule has 0 fully saturated rings. The van der Waals surface area contributed by atoms with Gasteiger partial charge < -0.3 is 10.3 Å². The van der Waals surface area contributed by atoms with Crippen LogP contribution in [0.25, 0.3) is 0 Å². The molecule has 4 nitrogen and oxygen atoms in total. The fraction of sp³-hybridized carbons (Fsp3) is 0.562. The van der Waals surface area contributed by atoms with Crippen molar-refractivity contribution in [3.8, 4) is 0 Å². The fourth-order valence-corrected chi connectivity index (χ4v) is 2.53. The molecule has 2 aromatic heterocycles. The molecule has 0 aliphatic carbocycles. The molecule has 2 heterocycles. The predicted octanol–water partition coefficient (Wildman–Crippen LogP) is 3.50. The first-order chi connectivity index (χ1) is 9.67. The summed E-state index contributed by atoms with van der Waals surface area (Å²) in [7, 11) is 0. The quantitative estimate of drug-likeness (QED) is 0.840. The van der Waals surface area contributed by atoms with Gasteiger partial charge in [-0.3, -0.25) is 4.68 Å². The van der Waals surface area contributed by atoms with E-state index in [2.05, 4.69) is 65.8 Å². The molecule has 0 aliphatic heterocycles. The highest BCUT2D eigenvalue weighted by molar-refractivity contribution is 5.16. The highest BCUT2D eigenvalue weighted by atomic mass is 15.3. The lowest BCUT2D eigenvalue weighted by Crippen LogP contribution is -2.09. The molecular weight excluding hydrogens is 248 g/mol. The minimum Gasteiger partial charge on any atom is -0.348 e. The molecule has 0 aromatic carbocycles. The lowest BCUT2D eigenvalue weighted by atomic mass is 10.1.